The summed E-state index contributed by atoms with van der Waals surface area (Å²) >= 11 is 0. The Bertz CT molecular complexity index is 25.3. The van der Waals surface area contributed by atoms with Crippen LogP contribution in [0.25, 0.3) is 0 Å². The normalized spacial score (nSPS) is 9.43. The van der Waals surface area contributed by atoms with E-state index in [-0.39, 0.29) is 0 Å². The second-order valence-corrected chi connectivity index (χ2v) is 0.562. The number of rotatable bonds is 4. The van der Waals surface area contributed by atoms with E-state index in [2.05, 4.69) is 14.8 Å². The third-order valence-electron chi connectivity index (χ3n) is 0.202. The molecule has 5 nitrogen and oxygen atoms in total. The molecular weight excluding hydrogens is 104 g/mol. The number of hydrogen-bond donors (Lipinski definition) is 2. The van der Waals surface area contributed by atoms with Gasteiger partial charge in [0.2, 0.25) is 0 Å². The zero-order valence-electron chi connectivity index (χ0n) is 3.53. The van der Waals surface area contributed by atoms with Crippen molar-refractivity contribution in [1.82, 2.24) is 0 Å². The van der Waals surface area contributed by atoms with Gasteiger partial charge in [-0.3, -0.25) is 0 Å². The molecule has 0 rings (SSSR count). The lowest BCUT2D eigenvalue weighted by atomic mass is 11.5. The summed E-state index contributed by atoms with van der Waals surface area (Å²) in [4.78, 5) is 7.49. The maximum atomic E-state index is 7.78. The zero-order valence-corrected chi connectivity index (χ0v) is 3.53. The molecule has 0 aliphatic rings. The Morgan fingerprint density at radius 2 is 1.43 bits per heavy atom. The largest absolute Gasteiger partial charge is 0.368 e. The number of hydrogen-bond acceptors (Lipinski definition) is 5. The van der Waals surface area contributed by atoms with Gasteiger partial charge in [0.1, 0.15) is 0 Å². The summed E-state index contributed by atoms with van der Waals surface area (Å²) < 4.78 is 0. The number of aliphatic hydroxyl groups is 2. The first-order chi connectivity index (χ1) is 3.41. The predicted octanol–water partition coefficient (Wildman–Crippen LogP) is -1.23. The molecule has 0 aliphatic carbocycles. The molecule has 44 valence electrons. The van der Waals surface area contributed by atoms with E-state index < -0.39 is 13.6 Å². The molecule has 0 bridgehead atoms. The Morgan fingerprint density at radius 1 is 1.00 bits per heavy atom. The second kappa shape index (κ2) is 5.80. The molecule has 0 fully saturated rings. The van der Waals surface area contributed by atoms with Crippen LogP contribution in [0.1, 0.15) is 0 Å². The molecule has 5 heteroatoms. The fraction of sp³-hybridized carbons (Fsp3) is 1.00. The summed E-state index contributed by atoms with van der Waals surface area (Å²) in [7, 11) is 0. The van der Waals surface area contributed by atoms with Gasteiger partial charge in [-0.05, 0) is 0 Å². The molecule has 0 spiro atoms. The maximum absolute atomic E-state index is 7.78. The van der Waals surface area contributed by atoms with Gasteiger partial charge in [-0.1, -0.05) is 5.04 Å². The van der Waals surface area contributed by atoms with Gasteiger partial charge in [0.05, 0.1) is 0 Å². The van der Waals surface area contributed by atoms with E-state index in [0.717, 1.165) is 0 Å². The Balaban J connectivity index is 2.45. The van der Waals surface area contributed by atoms with Crippen LogP contribution in [-0.2, 0) is 14.8 Å². The van der Waals surface area contributed by atoms with Crippen molar-refractivity contribution in [2.45, 2.75) is 0 Å². The highest BCUT2D eigenvalue weighted by atomic mass is 17.5. The van der Waals surface area contributed by atoms with Gasteiger partial charge >= 0.3 is 0 Å². The molecule has 0 aliphatic heterocycles. The Kier molecular flexibility index (Phi) is 5.63. The first kappa shape index (κ1) is 6.80. The molecule has 0 heterocycles. The number of aliphatic hydroxyl groups excluding tert-OH is 2. The van der Waals surface area contributed by atoms with E-state index in [1.807, 2.05) is 0 Å². The van der Waals surface area contributed by atoms with Crippen LogP contribution in [0, 0.1) is 0 Å². The summed E-state index contributed by atoms with van der Waals surface area (Å²) in [6.07, 6.45) is 0. The average Bonchev–Trinajstić information content (AvgIpc) is 1.69. The molecular formula is C2H6O5. The van der Waals surface area contributed by atoms with Crippen molar-refractivity contribution in [2.75, 3.05) is 13.6 Å². The van der Waals surface area contributed by atoms with Crippen LogP contribution in [0.5, 0.6) is 0 Å². The van der Waals surface area contributed by atoms with E-state index in [0.29, 0.717) is 0 Å². The summed E-state index contributed by atoms with van der Waals surface area (Å²) in [5.41, 5.74) is 0. The van der Waals surface area contributed by atoms with E-state index in [1.165, 1.54) is 0 Å². The van der Waals surface area contributed by atoms with Crippen molar-refractivity contribution in [3.8, 4) is 0 Å². The molecule has 0 aromatic rings. The Morgan fingerprint density at radius 3 is 1.71 bits per heavy atom. The molecule has 2 N–H and O–H groups in total. The van der Waals surface area contributed by atoms with Crippen molar-refractivity contribution < 1.29 is 25.0 Å². The predicted molar refractivity (Wildman–Crippen MR) is 17.4 cm³/mol. The minimum Gasteiger partial charge on any atom is -0.368 e. The highest BCUT2D eigenvalue weighted by molar-refractivity contribution is 3.66. The van der Waals surface area contributed by atoms with Gasteiger partial charge in [0, 0.05) is 0 Å². The van der Waals surface area contributed by atoms with Crippen molar-refractivity contribution >= 4 is 0 Å². The molecule has 0 radical (unpaired) electrons. The van der Waals surface area contributed by atoms with Crippen LogP contribution in [0.4, 0.5) is 0 Å². The van der Waals surface area contributed by atoms with E-state index >= 15 is 0 Å². The van der Waals surface area contributed by atoms with Crippen molar-refractivity contribution in [3.05, 3.63) is 0 Å². The monoisotopic (exact) mass is 110 g/mol. The minimum absolute atomic E-state index is 0.597. The van der Waals surface area contributed by atoms with Crippen LogP contribution in [0.3, 0.4) is 0 Å². The molecule has 0 atom stereocenters. The molecule has 0 aromatic heterocycles. The topological polar surface area (TPSA) is 68.2 Å². The zero-order chi connectivity index (χ0) is 5.54. The maximum Gasteiger partial charge on any atom is 0.181 e. The van der Waals surface area contributed by atoms with Crippen LogP contribution in [0.15, 0.2) is 0 Å². The fourth-order valence-corrected chi connectivity index (χ4v) is 0.0771. The lowest BCUT2D eigenvalue weighted by molar-refractivity contribution is -0.537. The standard InChI is InChI=1S/C2H6O5/c3-1-5-7-6-2-4/h3-4H,1-2H2. The van der Waals surface area contributed by atoms with E-state index in [4.69, 9.17) is 10.2 Å². The van der Waals surface area contributed by atoms with Crippen molar-refractivity contribution in [3.63, 3.8) is 0 Å². The van der Waals surface area contributed by atoms with E-state index in [9.17, 15) is 0 Å². The summed E-state index contributed by atoms with van der Waals surface area (Å²) in [5.74, 6) is 0. The van der Waals surface area contributed by atoms with Crippen LogP contribution in [0.2, 0.25) is 0 Å². The van der Waals surface area contributed by atoms with Gasteiger partial charge in [0.25, 0.3) is 0 Å². The first-order valence-electron chi connectivity index (χ1n) is 1.54. The SMILES string of the molecule is OCOOOCO. The quantitative estimate of drug-likeness (QED) is 0.205. The molecule has 0 amide bonds. The van der Waals surface area contributed by atoms with Crippen LogP contribution >= 0.6 is 0 Å². The average molecular weight is 110 g/mol. The fourth-order valence-electron chi connectivity index (χ4n) is 0.0771. The Hall–Kier alpha value is -0.200. The lowest BCUT2D eigenvalue weighted by Gasteiger charge is -1.93. The third kappa shape index (κ3) is 5.80. The molecule has 0 unspecified atom stereocenters. The molecule has 7 heavy (non-hydrogen) atoms. The van der Waals surface area contributed by atoms with Crippen LogP contribution in [-0.4, -0.2) is 23.8 Å². The third-order valence-corrected chi connectivity index (χ3v) is 0.202. The van der Waals surface area contributed by atoms with Gasteiger partial charge in [0.15, 0.2) is 13.6 Å². The van der Waals surface area contributed by atoms with Crippen LogP contribution < -0.4 is 0 Å². The molecule has 0 saturated heterocycles. The summed E-state index contributed by atoms with van der Waals surface area (Å²) in [5, 5.41) is 19.2. The highest BCUT2D eigenvalue weighted by Crippen LogP contribution is 1.74. The summed E-state index contributed by atoms with van der Waals surface area (Å²) in [6.45, 7) is -1.19. The van der Waals surface area contributed by atoms with E-state index in [1.54, 1.807) is 0 Å². The van der Waals surface area contributed by atoms with Gasteiger partial charge in [-0.25, -0.2) is 0 Å². The summed E-state index contributed by atoms with van der Waals surface area (Å²) in [6, 6.07) is 0. The second-order valence-electron chi connectivity index (χ2n) is 0.562. The minimum atomic E-state index is -0.597. The van der Waals surface area contributed by atoms with Crippen molar-refractivity contribution in [1.29, 1.82) is 0 Å². The molecule has 0 aromatic carbocycles. The first-order valence-corrected chi connectivity index (χ1v) is 1.54. The van der Waals surface area contributed by atoms with Crippen molar-refractivity contribution in [2.24, 2.45) is 0 Å². The lowest BCUT2D eigenvalue weighted by Crippen LogP contribution is -1.97. The Labute approximate surface area is 39.9 Å². The van der Waals surface area contributed by atoms with Gasteiger partial charge in [-0.2, -0.15) is 9.78 Å². The van der Waals surface area contributed by atoms with Gasteiger partial charge < -0.3 is 10.2 Å². The molecule has 0 saturated carbocycles. The smallest absolute Gasteiger partial charge is 0.181 e. The van der Waals surface area contributed by atoms with Gasteiger partial charge in [-0.15, -0.1) is 0 Å². The highest BCUT2D eigenvalue weighted by Gasteiger charge is 1.79.